The number of benzene rings is 1. The monoisotopic (exact) mass is 608 g/mol. The molecule has 3 heterocycles. The molecule has 0 bridgehead atoms. The number of imide groups is 1. The zero-order chi connectivity index (χ0) is 31.7. The van der Waals surface area contributed by atoms with Crippen LogP contribution in [0.1, 0.15) is 59.2 Å². The summed E-state index contributed by atoms with van der Waals surface area (Å²) in [6, 6.07) is 4.52. The van der Waals surface area contributed by atoms with Crippen LogP contribution in [0.4, 0.5) is 5.69 Å². The average molecular weight is 609 g/mol. The molecule has 2 atom stereocenters. The Bertz CT molecular complexity index is 1270. The van der Waals surface area contributed by atoms with E-state index in [1.54, 1.807) is 12.1 Å². The Hall–Kier alpha value is -3.94. The van der Waals surface area contributed by atoms with E-state index in [-0.39, 0.29) is 35.3 Å². The number of aldehydes is 2. The first kappa shape index (κ1) is 33.0. The maximum atomic E-state index is 13.2. The second kappa shape index (κ2) is 15.2. The fourth-order valence-electron chi connectivity index (χ4n) is 6.45. The van der Waals surface area contributed by atoms with Crippen molar-refractivity contribution in [2.45, 2.75) is 44.6 Å². The maximum Gasteiger partial charge on any atom is 0.255 e. The van der Waals surface area contributed by atoms with Crippen LogP contribution in [0, 0.1) is 11.3 Å². The quantitative estimate of drug-likeness (QED) is 0.0548. The number of nitrogens with zero attached hydrogens (tertiary/aromatic N) is 4. The van der Waals surface area contributed by atoms with E-state index in [1.165, 1.54) is 18.1 Å². The molecule has 1 spiro atoms. The normalized spacial score (nSPS) is 20.8. The molecule has 4 rings (SSSR count). The van der Waals surface area contributed by atoms with Crippen LogP contribution < -0.4 is 26.8 Å². The van der Waals surface area contributed by atoms with Crippen LogP contribution in [0.3, 0.4) is 0 Å². The molecule has 1 aromatic carbocycles. The summed E-state index contributed by atoms with van der Waals surface area (Å²) in [7, 11) is 1.52. The lowest BCUT2D eigenvalue weighted by Crippen LogP contribution is -2.60. The number of anilines is 1. The maximum absolute atomic E-state index is 13.2. The Morgan fingerprint density at radius 1 is 1.25 bits per heavy atom. The van der Waals surface area contributed by atoms with Gasteiger partial charge in [0, 0.05) is 56.3 Å². The molecule has 3 aliphatic rings. The number of rotatable bonds is 15. The number of hydrazine groups is 1. The minimum absolute atomic E-state index is 0.169. The minimum atomic E-state index is -0.751. The first-order chi connectivity index (χ1) is 21.2. The molecule has 3 saturated heterocycles. The Morgan fingerprint density at radius 3 is 2.64 bits per heavy atom. The molecule has 3 amide bonds. The second-order valence-electron chi connectivity index (χ2n) is 12.1. The predicted molar refractivity (Wildman–Crippen MR) is 167 cm³/mol. The van der Waals surface area contributed by atoms with Crippen LogP contribution in [0.25, 0.3) is 0 Å². The van der Waals surface area contributed by atoms with E-state index in [2.05, 4.69) is 37.7 Å². The van der Waals surface area contributed by atoms with E-state index in [0.29, 0.717) is 37.3 Å². The number of nitrogens with two attached hydrogens (primary N) is 1. The van der Waals surface area contributed by atoms with E-state index in [0.717, 1.165) is 64.1 Å². The van der Waals surface area contributed by atoms with Crippen LogP contribution in [0.15, 0.2) is 35.1 Å². The van der Waals surface area contributed by atoms with Crippen molar-refractivity contribution in [2.75, 3.05) is 57.8 Å². The highest BCUT2D eigenvalue weighted by atomic mass is 16.2. The Balaban J connectivity index is 1.26. The average Bonchev–Trinajstić information content (AvgIpc) is 3.01. The molecule has 0 radical (unpaired) electrons. The van der Waals surface area contributed by atoms with Gasteiger partial charge in [-0.15, -0.1) is 0 Å². The first-order valence-corrected chi connectivity index (χ1v) is 15.2. The van der Waals surface area contributed by atoms with Crippen molar-refractivity contribution in [2.24, 2.45) is 22.1 Å². The number of hydrogen-bond donors (Lipinski definition) is 4. The van der Waals surface area contributed by atoms with Crippen molar-refractivity contribution in [3.63, 3.8) is 0 Å². The summed E-state index contributed by atoms with van der Waals surface area (Å²) >= 11 is 0. The number of nitrogens with one attached hydrogen (secondary N) is 3. The summed E-state index contributed by atoms with van der Waals surface area (Å²) in [5.41, 5.74) is 13.8. The fraction of sp³-hybridized carbons (Fsp3) is 0.548. The first-order valence-electron chi connectivity index (χ1n) is 15.2. The van der Waals surface area contributed by atoms with Gasteiger partial charge in [-0.3, -0.25) is 34.3 Å². The van der Waals surface area contributed by atoms with E-state index < -0.39 is 17.9 Å². The van der Waals surface area contributed by atoms with Gasteiger partial charge in [-0.25, -0.2) is 5.43 Å². The smallest absolute Gasteiger partial charge is 0.255 e. The Labute approximate surface area is 258 Å². The number of piperidine rings is 2. The van der Waals surface area contributed by atoms with Gasteiger partial charge in [-0.05, 0) is 82.6 Å². The SMILES string of the molecule is C=N/C=C(/C=O)NNCCC(CCN)CN1CCC2(CC1)CN(c1ccc(C(=O)N(C)C3CCC(=O)NC3=O)c(C=O)c1)C2. The second-order valence-corrected chi connectivity index (χ2v) is 12.1. The molecule has 44 heavy (non-hydrogen) atoms. The molecular weight excluding hydrogens is 564 g/mol. The molecule has 3 aliphatic heterocycles. The van der Waals surface area contributed by atoms with Crippen LogP contribution in [-0.4, -0.2) is 106 Å². The van der Waals surface area contributed by atoms with E-state index in [4.69, 9.17) is 5.73 Å². The van der Waals surface area contributed by atoms with E-state index >= 15 is 0 Å². The van der Waals surface area contributed by atoms with Gasteiger partial charge in [0.1, 0.15) is 11.7 Å². The number of allylic oxidation sites excluding steroid dienone is 1. The van der Waals surface area contributed by atoms with Crippen molar-refractivity contribution in [1.29, 1.82) is 0 Å². The fourth-order valence-corrected chi connectivity index (χ4v) is 6.45. The third kappa shape index (κ3) is 7.96. The van der Waals surface area contributed by atoms with Gasteiger partial charge in [-0.2, -0.15) is 0 Å². The van der Waals surface area contributed by atoms with Gasteiger partial charge < -0.3 is 25.9 Å². The number of hydrogen-bond acceptors (Lipinski definition) is 11. The molecule has 3 fully saturated rings. The summed E-state index contributed by atoms with van der Waals surface area (Å²) in [6.45, 7) is 9.49. The molecule has 13 nitrogen and oxygen atoms in total. The molecule has 13 heteroatoms. The van der Waals surface area contributed by atoms with Gasteiger partial charge in [0.05, 0.1) is 11.8 Å². The molecule has 0 aromatic heterocycles. The third-order valence-corrected chi connectivity index (χ3v) is 9.08. The topological polar surface area (TPSA) is 170 Å². The zero-order valence-corrected chi connectivity index (χ0v) is 25.4. The number of likely N-dealkylation sites (N-methyl/N-ethyl adjacent to an activating group) is 1. The largest absolute Gasteiger partial charge is 0.370 e. The van der Waals surface area contributed by atoms with Crippen molar-refractivity contribution in [1.82, 2.24) is 26.0 Å². The Kier molecular flexibility index (Phi) is 11.4. The third-order valence-electron chi connectivity index (χ3n) is 9.08. The van der Waals surface area contributed by atoms with Crippen LogP contribution in [0.5, 0.6) is 0 Å². The summed E-state index contributed by atoms with van der Waals surface area (Å²) in [4.78, 5) is 69.6. The lowest BCUT2D eigenvalue weighted by atomic mass is 9.71. The van der Waals surface area contributed by atoms with Crippen molar-refractivity contribution >= 4 is 42.7 Å². The molecule has 2 unspecified atom stereocenters. The van der Waals surface area contributed by atoms with E-state index in [9.17, 15) is 24.0 Å². The predicted octanol–water partition coefficient (Wildman–Crippen LogP) is 0.469. The van der Waals surface area contributed by atoms with Crippen LogP contribution in [0.2, 0.25) is 0 Å². The standard InChI is InChI=1S/C31H44N8O5/c1-33-16-24(19-41)36-34-12-8-22(7-11-32)17-38-13-9-31(10-14-38)20-39(21-31)25-3-4-26(23(15-25)18-40)30(44)37(2)27-5-6-28(42)35-29(27)43/h3-4,15-16,18-19,22,27,34,36H,1,5-14,17,20-21,32H2,2H3,(H,35,42,43)/b24-16-. The highest BCUT2D eigenvalue weighted by Crippen LogP contribution is 2.43. The number of carbonyl (C=O) groups excluding carboxylic acids is 5. The van der Waals surface area contributed by atoms with Crippen molar-refractivity contribution < 1.29 is 24.0 Å². The van der Waals surface area contributed by atoms with Gasteiger partial charge in [0.15, 0.2) is 12.6 Å². The summed E-state index contributed by atoms with van der Waals surface area (Å²) in [6.07, 6.45) is 7.20. The molecule has 0 saturated carbocycles. The Morgan fingerprint density at radius 2 is 2.00 bits per heavy atom. The lowest BCUT2D eigenvalue weighted by Gasteiger charge is -2.55. The minimum Gasteiger partial charge on any atom is -0.370 e. The molecule has 238 valence electrons. The zero-order valence-electron chi connectivity index (χ0n) is 25.4. The van der Waals surface area contributed by atoms with Crippen LogP contribution in [-0.2, 0) is 14.4 Å². The molecular formula is C31H44N8O5. The molecule has 5 N–H and O–H groups in total. The summed E-state index contributed by atoms with van der Waals surface area (Å²) in [5, 5.41) is 2.27. The lowest BCUT2D eigenvalue weighted by molar-refractivity contribution is -0.136. The number of likely N-dealkylation sites (tertiary alicyclic amines) is 1. The molecule has 0 aliphatic carbocycles. The summed E-state index contributed by atoms with van der Waals surface area (Å²) in [5.74, 6) is -0.822. The van der Waals surface area contributed by atoms with Gasteiger partial charge >= 0.3 is 0 Å². The van der Waals surface area contributed by atoms with Gasteiger partial charge in [-0.1, -0.05) is 0 Å². The van der Waals surface area contributed by atoms with Crippen molar-refractivity contribution in [3.8, 4) is 0 Å². The van der Waals surface area contributed by atoms with Crippen molar-refractivity contribution in [3.05, 3.63) is 41.2 Å². The molecule has 1 aromatic rings. The number of amides is 3. The number of aliphatic imine (C=N–C) groups is 1. The van der Waals surface area contributed by atoms with Gasteiger partial charge in [0.2, 0.25) is 11.8 Å². The highest BCUT2D eigenvalue weighted by molar-refractivity contribution is 6.06. The van der Waals surface area contributed by atoms with E-state index in [1.807, 2.05) is 6.07 Å². The van der Waals surface area contributed by atoms with Gasteiger partial charge in [0.25, 0.3) is 5.91 Å². The highest BCUT2D eigenvalue weighted by Gasteiger charge is 2.45. The van der Waals surface area contributed by atoms with Crippen LogP contribution >= 0.6 is 0 Å². The summed E-state index contributed by atoms with van der Waals surface area (Å²) < 4.78 is 0. The number of carbonyl (C=O) groups is 5.